The summed E-state index contributed by atoms with van der Waals surface area (Å²) in [6.45, 7) is 4.16. The maximum atomic E-state index is 13.6. The number of aryl methyl sites for hydroxylation is 1. The standard InChI is InChI=1S/C24H19N3O5S/c1-3-31-16-10-8-14(9-11-16)20-19(21(28)18-12-15-6-4-5-7-17(15)32-18)22(29)23(30)27(20)24-26-25-13(2)33-24/h4-12,20,29H,3H2,1-2H3/t20-/m1/s1. The summed E-state index contributed by atoms with van der Waals surface area (Å²) in [5, 5.41) is 20.6. The summed E-state index contributed by atoms with van der Waals surface area (Å²) in [4.78, 5) is 28.0. The summed E-state index contributed by atoms with van der Waals surface area (Å²) in [6.07, 6.45) is 0. The van der Waals surface area contributed by atoms with E-state index in [9.17, 15) is 14.7 Å². The van der Waals surface area contributed by atoms with Crippen molar-refractivity contribution in [2.45, 2.75) is 19.9 Å². The number of para-hydroxylation sites is 1. The van der Waals surface area contributed by atoms with Gasteiger partial charge in [0, 0.05) is 5.39 Å². The van der Waals surface area contributed by atoms with E-state index in [4.69, 9.17) is 9.15 Å². The Morgan fingerprint density at radius 1 is 1.18 bits per heavy atom. The summed E-state index contributed by atoms with van der Waals surface area (Å²) < 4.78 is 11.2. The highest BCUT2D eigenvalue weighted by atomic mass is 32.1. The predicted molar refractivity (Wildman–Crippen MR) is 123 cm³/mol. The highest BCUT2D eigenvalue weighted by molar-refractivity contribution is 7.15. The number of benzene rings is 2. The van der Waals surface area contributed by atoms with Crippen LogP contribution in [0.2, 0.25) is 0 Å². The van der Waals surface area contributed by atoms with Gasteiger partial charge in [0.15, 0.2) is 11.5 Å². The number of nitrogens with zero attached hydrogens (tertiary/aromatic N) is 3. The Balaban J connectivity index is 1.63. The zero-order valence-electron chi connectivity index (χ0n) is 17.8. The number of fused-ring (bicyclic) bond motifs is 1. The molecule has 1 amide bonds. The molecule has 1 aliphatic heterocycles. The van der Waals surface area contributed by atoms with Crippen LogP contribution >= 0.6 is 11.3 Å². The third-order valence-corrected chi connectivity index (χ3v) is 6.17. The number of amides is 1. The number of furan rings is 1. The van der Waals surface area contributed by atoms with Gasteiger partial charge in [0.2, 0.25) is 10.9 Å². The van der Waals surface area contributed by atoms with Crippen LogP contribution in [0, 0.1) is 6.92 Å². The number of anilines is 1. The second kappa shape index (κ2) is 8.18. The Hall–Kier alpha value is -3.98. The molecule has 33 heavy (non-hydrogen) atoms. The van der Waals surface area contributed by atoms with Crippen molar-refractivity contribution in [2.24, 2.45) is 0 Å². The molecule has 3 heterocycles. The van der Waals surface area contributed by atoms with E-state index in [1.165, 1.54) is 16.2 Å². The van der Waals surface area contributed by atoms with Crippen molar-refractivity contribution < 1.29 is 23.8 Å². The maximum absolute atomic E-state index is 13.6. The van der Waals surface area contributed by atoms with E-state index in [0.29, 0.717) is 28.5 Å². The predicted octanol–water partition coefficient (Wildman–Crippen LogP) is 4.77. The van der Waals surface area contributed by atoms with Gasteiger partial charge in [-0.3, -0.25) is 14.5 Å². The lowest BCUT2D eigenvalue weighted by molar-refractivity contribution is -0.117. The molecule has 1 atom stereocenters. The average molecular weight is 461 g/mol. The first-order chi connectivity index (χ1) is 16.0. The summed E-state index contributed by atoms with van der Waals surface area (Å²) in [5.74, 6) is -1.23. The van der Waals surface area contributed by atoms with Crippen molar-refractivity contribution in [1.29, 1.82) is 0 Å². The van der Waals surface area contributed by atoms with Crippen LogP contribution in [0.15, 0.2) is 70.3 Å². The molecule has 4 aromatic rings. The lowest BCUT2D eigenvalue weighted by Crippen LogP contribution is -2.31. The van der Waals surface area contributed by atoms with E-state index in [1.54, 1.807) is 49.4 Å². The van der Waals surface area contributed by atoms with Crippen molar-refractivity contribution >= 4 is 39.1 Å². The number of ketones is 1. The van der Waals surface area contributed by atoms with E-state index in [1.807, 2.05) is 19.1 Å². The van der Waals surface area contributed by atoms with Crippen LogP contribution in [0.5, 0.6) is 5.75 Å². The third kappa shape index (κ3) is 3.56. The molecule has 0 spiro atoms. The molecule has 8 nitrogen and oxygen atoms in total. The quantitative estimate of drug-likeness (QED) is 0.412. The molecular weight excluding hydrogens is 442 g/mol. The van der Waals surface area contributed by atoms with Gasteiger partial charge in [0.05, 0.1) is 18.2 Å². The molecule has 9 heteroatoms. The summed E-state index contributed by atoms with van der Waals surface area (Å²) in [7, 11) is 0. The number of aromatic nitrogens is 2. The first-order valence-corrected chi connectivity index (χ1v) is 11.1. The molecule has 0 fully saturated rings. The fraction of sp³-hybridized carbons (Fsp3) is 0.167. The molecule has 1 N–H and O–H groups in total. The summed E-state index contributed by atoms with van der Waals surface area (Å²) in [6, 6.07) is 14.9. The lowest BCUT2D eigenvalue weighted by Gasteiger charge is -2.24. The average Bonchev–Trinajstić information content (AvgIpc) is 3.51. The largest absolute Gasteiger partial charge is 0.503 e. The van der Waals surface area contributed by atoms with Gasteiger partial charge in [0.1, 0.15) is 16.3 Å². The van der Waals surface area contributed by atoms with E-state index in [-0.39, 0.29) is 16.5 Å². The minimum Gasteiger partial charge on any atom is -0.503 e. The highest BCUT2D eigenvalue weighted by Gasteiger charge is 2.46. The van der Waals surface area contributed by atoms with Crippen molar-refractivity contribution in [3.63, 3.8) is 0 Å². The Labute approximate surface area is 192 Å². The molecule has 0 saturated heterocycles. The lowest BCUT2D eigenvalue weighted by atomic mass is 9.95. The van der Waals surface area contributed by atoms with Crippen molar-refractivity contribution in [2.75, 3.05) is 11.5 Å². The highest BCUT2D eigenvalue weighted by Crippen LogP contribution is 2.43. The van der Waals surface area contributed by atoms with Crippen LogP contribution in [0.4, 0.5) is 5.13 Å². The van der Waals surface area contributed by atoms with Crippen LogP contribution < -0.4 is 9.64 Å². The Bertz CT molecular complexity index is 1370. The Morgan fingerprint density at radius 3 is 2.61 bits per heavy atom. The van der Waals surface area contributed by atoms with Gasteiger partial charge >= 0.3 is 0 Å². The van der Waals surface area contributed by atoms with Crippen LogP contribution in [-0.2, 0) is 4.79 Å². The second-order valence-corrected chi connectivity index (χ2v) is 8.58. The zero-order chi connectivity index (χ0) is 23.1. The van der Waals surface area contributed by atoms with Gasteiger partial charge in [-0.05, 0) is 43.7 Å². The number of Topliss-reactive ketones (excluding diaryl/α,β-unsaturated/α-hetero) is 1. The normalized spacial score (nSPS) is 16.1. The third-order valence-electron chi connectivity index (χ3n) is 5.33. The van der Waals surface area contributed by atoms with E-state index in [0.717, 1.165) is 5.39 Å². The molecule has 0 radical (unpaired) electrons. The number of aliphatic hydroxyl groups excluding tert-OH is 1. The second-order valence-electron chi connectivity index (χ2n) is 7.42. The van der Waals surface area contributed by atoms with Gasteiger partial charge in [-0.25, -0.2) is 0 Å². The number of rotatable bonds is 6. The number of hydrogen-bond acceptors (Lipinski definition) is 8. The van der Waals surface area contributed by atoms with Crippen LogP contribution in [-0.4, -0.2) is 33.6 Å². The number of aliphatic hydroxyl groups is 1. The fourth-order valence-electron chi connectivity index (χ4n) is 3.87. The fourth-order valence-corrected chi connectivity index (χ4v) is 4.59. The first-order valence-electron chi connectivity index (χ1n) is 10.3. The minimum absolute atomic E-state index is 0.0387. The van der Waals surface area contributed by atoms with Gasteiger partial charge < -0.3 is 14.3 Å². The van der Waals surface area contributed by atoms with Crippen molar-refractivity contribution in [3.8, 4) is 5.75 Å². The van der Waals surface area contributed by atoms with Crippen LogP contribution in [0.1, 0.15) is 34.1 Å². The SMILES string of the molecule is CCOc1ccc([C@@H]2C(C(=O)c3cc4ccccc4o3)=C(O)C(=O)N2c2nnc(C)s2)cc1. The van der Waals surface area contributed by atoms with E-state index < -0.39 is 23.5 Å². The van der Waals surface area contributed by atoms with Crippen molar-refractivity contribution in [3.05, 3.63) is 82.3 Å². The number of carbonyl (C=O) groups is 2. The molecular formula is C24H19N3O5S. The first kappa shape index (κ1) is 20.9. The molecule has 0 aliphatic carbocycles. The van der Waals surface area contributed by atoms with Gasteiger partial charge in [0.25, 0.3) is 5.91 Å². The summed E-state index contributed by atoms with van der Waals surface area (Å²) in [5.41, 5.74) is 1.08. The minimum atomic E-state index is -0.902. The monoisotopic (exact) mass is 461 g/mol. The van der Waals surface area contributed by atoms with Gasteiger partial charge in [-0.1, -0.05) is 41.7 Å². The maximum Gasteiger partial charge on any atom is 0.296 e. The molecule has 5 rings (SSSR count). The van der Waals surface area contributed by atoms with Crippen molar-refractivity contribution in [1.82, 2.24) is 10.2 Å². The molecule has 166 valence electrons. The number of carbonyl (C=O) groups excluding carboxylic acids is 2. The topological polar surface area (TPSA) is 106 Å². The molecule has 0 bridgehead atoms. The molecule has 2 aromatic heterocycles. The molecule has 2 aromatic carbocycles. The van der Waals surface area contributed by atoms with Crippen LogP contribution in [0.25, 0.3) is 11.0 Å². The van der Waals surface area contributed by atoms with Gasteiger partial charge in [-0.2, -0.15) is 0 Å². The van der Waals surface area contributed by atoms with Gasteiger partial charge in [-0.15, -0.1) is 10.2 Å². The van der Waals surface area contributed by atoms with E-state index in [2.05, 4.69) is 10.2 Å². The molecule has 1 aliphatic rings. The summed E-state index contributed by atoms with van der Waals surface area (Å²) >= 11 is 1.20. The zero-order valence-corrected chi connectivity index (χ0v) is 18.6. The van der Waals surface area contributed by atoms with Crippen LogP contribution in [0.3, 0.4) is 0 Å². The number of ether oxygens (including phenoxy) is 1. The van der Waals surface area contributed by atoms with E-state index >= 15 is 0 Å². The number of hydrogen-bond donors (Lipinski definition) is 1. The smallest absolute Gasteiger partial charge is 0.296 e. The molecule has 0 saturated carbocycles. The molecule has 0 unspecified atom stereocenters. The Kier molecular flexibility index (Phi) is 5.18. The Morgan fingerprint density at radius 2 is 1.94 bits per heavy atom.